The first-order chi connectivity index (χ1) is 16.7. The second kappa shape index (κ2) is 11.1. The third-order valence-electron chi connectivity index (χ3n) is 8.94. The maximum Gasteiger partial charge on any atom is 0.332 e. The maximum atomic E-state index is 12.4. The van der Waals surface area contributed by atoms with Gasteiger partial charge < -0.3 is 19.7 Å². The van der Waals surface area contributed by atoms with Crippen LogP contribution in [-0.2, 0) is 14.3 Å². The molecule has 2 N–H and O–H groups in total. The Bertz CT molecular complexity index is 890. The third-order valence-corrected chi connectivity index (χ3v) is 8.94. The zero-order chi connectivity index (χ0) is 25.1. The van der Waals surface area contributed by atoms with Crippen LogP contribution < -0.4 is 0 Å². The van der Waals surface area contributed by atoms with E-state index in [1.807, 2.05) is 6.08 Å². The van der Waals surface area contributed by atoms with Crippen LogP contribution in [0.2, 0.25) is 0 Å². The SMILES string of the molecule is C=C1C(=CC=C2CCC[C@]3(C)C(CC)=CC[C@@H]23)C[C@](O)(OCC(=O)OC2CCCCCC2)C[C@@H]1O. The van der Waals surface area contributed by atoms with Gasteiger partial charge in [0.2, 0.25) is 0 Å². The Morgan fingerprint density at radius 3 is 2.66 bits per heavy atom. The smallest absolute Gasteiger partial charge is 0.332 e. The lowest BCUT2D eigenvalue weighted by molar-refractivity contribution is -0.226. The molecular weight excluding hydrogens is 440 g/mol. The standard InChI is InChI=1S/C30H44O5/c1-4-24-15-16-26-22(10-9-17-29(24,26)3)13-14-23-18-30(33,19-27(31)21(23)2)34-20-28(32)35-25-11-7-5-6-8-12-25/h13-15,25-27,31,33H,2,4-12,16-20H2,1,3H3/t26-,27-,29+,30-/m0/s1. The van der Waals surface area contributed by atoms with Crippen molar-refractivity contribution in [1.82, 2.24) is 0 Å². The lowest BCUT2D eigenvalue weighted by Crippen LogP contribution is -2.43. The number of ether oxygens (including phenoxy) is 2. The molecule has 0 aromatic carbocycles. The van der Waals surface area contributed by atoms with Gasteiger partial charge in [0, 0.05) is 12.8 Å². The summed E-state index contributed by atoms with van der Waals surface area (Å²) in [6.45, 7) is 8.42. The minimum absolute atomic E-state index is 0.000922. The summed E-state index contributed by atoms with van der Waals surface area (Å²) < 4.78 is 11.3. The summed E-state index contributed by atoms with van der Waals surface area (Å²) in [7, 11) is 0. The van der Waals surface area contributed by atoms with Crippen LogP contribution in [0.1, 0.15) is 97.3 Å². The number of fused-ring (bicyclic) bond motifs is 1. The Kier molecular flexibility index (Phi) is 8.40. The molecule has 0 bridgehead atoms. The Balaban J connectivity index is 1.40. The van der Waals surface area contributed by atoms with E-state index in [0.29, 0.717) is 11.5 Å². The van der Waals surface area contributed by atoms with Crippen LogP contribution in [-0.4, -0.2) is 40.8 Å². The predicted molar refractivity (Wildman–Crippen MR) is 137 cm³/mol. The van der Waals surface area contributed by atoms with Crippen molar-refractivity contribution in [3.63, 3.8) is 0 Å². The Labute approximate surface area is 211 Å². The van der Waals surface area contributed by atoms with E-state index in [1.165, 1.54) is 31.3 Å². The Morgan fingerprint density at radius 2 is 1.94 bits per heavy atom. The number of rotatable bonds is 6. The monoisotopic (exact) mass is 484 g/mol. The van der Waals surface area contributed by atoms with Crippen LogP contribution in [0.15, 0.2) is 47.1 Å². The van der Waals surface area contributed by atoms with Crippen LogP contribution >= 0.6 is 0 Å². The molecule has 0 radical (unpaired) electrons. The van der Waals surface area contributed by atoms with E-state index in [9.17, 15) is 15.0 Å². The molecule has 0 aliphatic heterocycles. The predicted octanol–water partition coefficient (Wildman–Crippen LogP) is 6.07. The van der Waals surface area contributed by atoms with E-state index in [0.717, 1.165) is 50.5 Å². The molecule has 35 heavy (non-hydrogen) atoms. The van der Waals surface area contributed by atoms with Gasteiger partial charge in [-0.25, -0.2) is 4.79 Å². The first-order valence-corrected chi connectivity index (χ1v) is 13.8. The molecule has 4 aliphatic carbocycles. The van der Waals surface area contributed by atoms with Crippen molar-refractivity contribution < 1.29 is 24.5 Å². The normalized spacial score (nSPS) is 36.7. The molecule has 3 fully saturated rings. The molecule has 194 valence electrons. The molecule has 0 saturated heterocycles. The number of hydrogen-bond acceptors (Lipinski definition) is 5. The van der Waals surface area contributed by atoms with Crippen molar-refractivity contribution >= 4 is 5.97 Å². The highest BCUT2D eigenvalue weighted by Gasteiger charge is 2.44. The quantitative estimate of drug-likeness (QED) is 0.207. The molecule has 0 aromatic rings. The molecule has 0 spiro atoms. The molecule has 4 aliphatic rings. The van der Waals surface area contributed by atoms with Gasteiger partial charge in [-0.1, -0.05) is 62.6 Å². The number of aliphatic hydroxyl groups is 2. The zero-order valence-electron chi connectivity index (χ0n) is 21.7. The lowest BCUT2D eigenvalue weighted by Gasteiger charge is -2.41. The van der Waals surface area contributed by atoms with Crippen molar-refractivity contribution in [2.75, 3.05) is 6.61 Å². The van der Waals surface area contributed by atoms with Gasteiger partial charge >= 0.3 is 5.97 Å². The zero-order valence-corrected chi connectivity index (χ0v) is 21.7. The van der Waals surface area contributed by atoms with E-state index in [2.05, 4.69) is 32.6 Å². The molecule has 4 atom stereocenters. The highest BCUT2D eigenvalue weighted by molar-refractivity contribution is 5.71. The molecule has 0 unspecified atom stereocenters. The molecule has 3 saturated carbocycles. The minimum Gasteiger partial charge on any atom is -0.461 e. The summed E-state index contributed by atoms with van der Waals surface area (Å²) in [5, 5.41) is 21.7. The first-order valence-electron chi connectivity index (χ1n) is 13.8. The molecule has 0 aromatic heterocycles. The van der Waals surface area contributed by atoms with Crippen molar-refractivity contribution in [2.45, 2.75) is 115 Å². The summed E-state index contributed by atoms with van der Waals surface area (Å²) in [4.78, 5) is 12.4. The van der Waals surface area contributed by atoms with Crippen LogP contribution in [0.25, 0.3) is 0 Å². The number of hydrogen-bond donors (Lipinski definition) is 2. The lowest BCUT2D eigenvalue weighted by atomic mass is 9.64. The number of allylic oxidation sites excluding steroid dienone is 5. The fourth-order valence-electron chi connectivity index (χ4n) is 6.83. The van der Waals surface area contributed by atoms with Gasteiger partial charge in [-0.2, -0.15) is 0 Å². The molecular formula is C30H44O5. The molecule has 4 rings (SSSR count). The average molecular weight is 485 g/mol. The number of carbonyl (C=O) groups excluding carboxylic acids is 1. The van der Waals surface area contributed by atoms with Crippen LogP contribution in [0.4, 0.5) is 0 Å². The van der Waals surface area contributed by atoms with Gasteiger partial charge in [-0.15, -0.1) is 0 Å². The average Bonchev–Trinajstić information content (AvgIpc) is 2.98. The fraction of sp³-hybridized carbons (Fsp3) is 0.700. The van der Waals surface area contributed by atoms with E-state index >= 15 is 0 Å². The number of aliphatic hydroxyl groups excluding tert-OH is 1. The number of carbonyl (C=O) groups is 1. The molecule has 5 heteroatoms. The second-order valence-electron chi connectivity index (χ2n) is 11.3. The van der Waals surface area contributed by atoms with Crippen LogP contribution in [0.5, 0.6) is 0 Å². The highest BCUT2D eigenvalue weighted by atomic mass is 16.6. The fourth-order valence-corrected chi connectivity index (χ4v) is 6.83. The molecule has 0 amide bonds. The summed E-state index contributed by atoms with van der Waals surface area (Å²) in [5.74, 6) is -1.53. The van der Waals surface area contributed by atoms with Gasteiger partial charge in [-0.05, 0) is 80.3 Å². The van der Waals surface area contributed by atoms with Gasteiger partial charge in [0.25, 0.3) is 0 Å². The molecule has 0 heterocycles. The van der Waals surface area contributed by atoms with Crippen molar-refractivity contribution in [3.05, 3.63) is 47.1 Å². The first kappa shape index (κ1) is 26.4. The summed E-state index contributed by atoms with van der Waals surface area (Å²) in [5.41, 5.74) is 4.67. The summed E-state index contributed by atoms with van der Waals surface area (Å²) >= 11 is 0. The van der Waals surface area contributed by atoms with E-state index in [-0.39, 0.29) is 31.0 Å². The topological polar surface area (TPSA) is 76.0 Å². The van der Waals surface area contributed by atoms with Crippen molar-refractivity contribution in [2.24, 2.45) is 11.3 Å². The largest absolute Gasteiger partial charge is 0.461 e. The van der Waals surface area contributed by atoms with Gasteiger partial charge in [-0.3, -0.25) is 0 Å². The molecule has 5 nitrogen and oxygen atoms in total. The highest BCUT2D eigenvalue weighted by Crippen LogP contribution is 2.55. The number of esters is 1. The summed E-state index contributed by atoms with van der Waals surface area (Å²) in [6.07, 6.45) is 17.9. The van der Waals surface area contributed by atoms with E-state index < -0.39 is 17.9 Å². The Morgan fingerprint density at radius 1 is 1.20 bits per heavy atom. The second-order valence-corrected chi connectivity index (χ2v) is 11.3. The van der Waals surface area contributed by atoms with Crippen molar-refractivity contribution in [1.29, 1.82) is 0 Å². The van der Waals surface area contributed by atoms with Gasteiger partial charge in [0.05, 0.1) is 6.10 Å². The van der Waals surface area contributed by atoms with Gasteiger partial charge in [0.1, 0.15) is 12.7 Å². The Hall–Kier alpha value is -1.69. The third kappa shape index (κ3) is 6.00. The van der Waals surface area contributed by atoms with E-state index in [4.69, 9.17) is 9.47 Å². The summed E-state index contributed by atoms with van der Waals surface area (Å²) in [6, 6.07) is 0. The van der Waals surface area contributed by atoms with Crippen LogP contribution in [0.3, 0.4) is 0 Å². The van der Waals surface area contributed by atoms with E-state index in [1.54, 1.807) is 5.57 Å². The minimum atomic E-state index is -1.61. The van der Waals surface area contributed by atoms with Crippen LogP contribution in [0, 0.1) is 11.3 Å². The van der Waals surface area contributed by atoms with Gasteiger partial charge in [0.15, 0.2) is 5.79 Å². The maximum absolute atomic E-state index is 12.4. The van der Waals surface area contributed by atoms with Crippen molar-refractivity contribution in [3.8, 4) is 0 Å².